The number of rotatable bonds is 7. The predicted octanol–water partition coefficient (Wildman–Crippen LogP) is 17.4. The van der Waals surface area contributed by atoms with E-state index in [-0.39, 0.29) is 0 Å². The minimum Gasteiger partial charge on any atom is -0.452 e. The van der Waals surface area contributed by atoms with Crippen LogP contribution < -0.4 is 15.0 Å². The molecule has 0 unspecified atom stereocenters. The average molecular weight is 863 g/mol. The van der Waals surface area contributed by atoms with Crippen molar-refractivity contribution in [2.45, 2.75) is 68.1 Å². The van der Waals surface area contributed by atoms with Crippen molar-refractivity contribution >= 4 is 113 Å². The van der Waals surface area contributed by atoms with Crippen LogP contribution in [0.25, 0.3) is 65.4 Å². The molecule has 0 aliphatic carbocycles. The number of aryl methyl sites for hydroxylation is 5. The zero-order valence-electron chi connectivity index (χ0n) is 39.1. The van der Waals surface area contributed by atoms with E-state index in [4.69, 9.17) is 8.83 Å². The molecule has 0 N–H and O–H groups in total. The first-order valence-corrected chi connectivity index (χ1v) is 26.3. The maximum Gasteiger partial charge on any atom is 0.178 e. The Labute approximate surface area is 382 Å². The summed E-state index contributed by atoms with van der Waals surface area (Å²) in [6.45, 7) is 22.6. The lowest BCUT2D eigenvalue weighted by atomic mass is 9.98. The Kier molecular flexibility index (Phi) is 9.39. The fourth-order valence-corrected chi connectivity index (χ4v) is 11.2. The van der Waals surface area contributed by atoms with Crippen LogP contribution in [0.1, 0.15) is 38.9 Å². The number of hydrogen-bond acceptors (Lipinski definition) is 4. The van der Waals surface area contributed by atoms with Gasteiger partial charge in [-0.15, -0.1) is 0 Å². The van der Waals surface area contributed by atoms with Gasteiger partial charge in [-0.3, -0.25) is 0 Å². The molecule has 4 nitrogen and oxygen atoms in total. The van der Waals surface area contributed by atoms with E-state index in [0.717, 1.165) is 99.5 Å². The number of fused-ring (bicyclic) bond motifs is 11. The zero-order chi connectivity index (χ0) is 45.1. The van der Waals surface area contributed by atoms with Crippen LogP contribution in [0.5, 0.6) is 0 Å². The van der Waals surface area contributed by atoms with Crippen molar-refractivity contribution in [3.05, 3.63) is 185 Å². The van der Waals surface area contributed by atoms with Gasteiger partial charge in [-0.25, -0.2) is 0 Å². The van der Waals surface area contributed by atoms with E-state index in [2.05, 4.69) is 223 Å². The third-order valence-corrected chi connectivity index (χ3v) is 16.2. The lowest BCUT2D eigenvalue weighted by Crippen LogP contribution is -2.37. The zero-order valence-corrected chi connectivity index (χ0v) is 40.1. The first-order valence-electron chi connectivity index (χ1n) is 22.8. The fourth-order valence-electron chi connectivity index (χ4n) is 10.1. The van der Waals surface area contributed by atoms with Crippen LogP contribution in [0, 0.1) is 48.5 Å². The van der Waals surface area contributed by atoms with Gasteiger partial charge < -0.3 is 18.6 Å². The second-order valence-corrected chi connectivity index (χ2v) is 24.4. The minimum absolute atomic E-state index is 0.758. The smallest absolute Gasteiger partial charge is 0.178 e. The molecule has 0 fully saturated rings. The third kappa shape index (κ3) is 6.55. The number of furan rings is 2. The highest BCUT2D eigenvalue weighted by Gasteiger charge is 2.26. The summed E-state index contributed by atoms with van der Waals surface area (Å²) < 4.78 is 14.3. The Bertz CT molecular complexity index is 3670. The summed E-state index contributed by atoms with van der Waals surface area (Å²) in [6, 6.07) is 53.9. The summed E-state index contributed by atoms with van der Waals surface area (Å²) in [5, 5.41) is 10.3. The van der Waals surface area contributed by atoms with E-state index in [1.807, 2.05) is 0 Å². The van der Waals surface area contributed by atoms with Crippen LogP contribution in [0.2, 0.25) is 19.6 Å². The van der Waals surface area contributed by atoms with Gasteiger partial charge in [0, 0.05) is 67.2 Å². The molecule has 2 aromatic heterocycles. The highest BCUT2D eigenvalue weighted by molar-refractivity contribution is 6.88. The summed E-state index contributed by atoms with van der Waals surface area (Å²) >= 11 is 0. The van der Waals surface area contributed by atoms with Crippen LogP contribution in [-0.2, 0) is 0 Å². The molecule has 11 rings (SSSR count). The van der Waals surface area contributed by atoms with Gasteiger partial charge in [0.2, 0.25) is 0 Å². The minimum atomic E-state index is -1.52. The molecule has 2 heterocycles. The standard InChI is InChI=1S/C60H54N2O2Si/c1-35-19-21-42(22-20-35)61(44-29-36(2)40(6)37(3)30-44)53-33-55-57(49-17-13-11-15-47(49)53)51-27-28-52-58-50-18-14-12-16-48(50)54(34-56(58)64-60(52)59(51)63-55)62(45-31-38(4)41(7)39(5)32-45)43-23-25-46(26-24-43)65(8,9)10/h11-34H,1-10H3. The monoisotopic (exact) mass is 862 g/mol. The van der Waals surface area contributed by atoms with E-state index in [9.17, 15) is 0 Å². The molecule has 11 aromatic rings. The lowest BCUT2D eigenvalue weighted by molar-refractivity contribution is 0.633. The van der Waals surface area contributed by atoms with Crippen molar-refractivity contribution in [2.75, 3.05) is 9.80 Å². The molecule has 0 aliphatic rings. The van der Waals surface area contributed by atoms with Gasteiger partial charge in [0.15, 0.2) is 11.2 Å². The second-order valence-electron chi connectivity index (χ2n) is 19.4. The molecule has 9 aromatic carbocycles. The number of anilines is 6. The summed E-state index contributed by atoms with van der Waals surface area (Å²) in [5.41, 5.74) is 18.7. The molecular weight excluding hydrogens is 809 g/mol. The summed E-state index contributed by atoms with van der Waals surface area (Å²) in [5.74, 6) is 0. The molecule has 5 heteroatoms. The molecule has 0 radical (unpaired) electrons. The maximum absolute atomic E-state index is 7.15. The molecule has 0 bridgehead atoms. The van der Waals surface area contributed by atoms with Gasteiger partial charge in [-0.05, 0) is 153 Å². The van der Waals surface area contributed by atoms with Crippen LogP contribution in [0.15, 0.2) is 154 Å². The quantitative estimate of drug-likeness (QED) is 0.149. The Balaban J connectivity index is 1.17. The van der Waals surface area contributed by atoms with Crippen LogP contribution in [-0.4, -0.2) is 8.07 Å². The third-order valence-electron chi connectivity index (χ3n) is 14.2. The molecule has 0 aliphatic heterocycles. The molecule has 0 saturated carbocycles. The van der Waals surface area contributed by atoms with Gasteiger partial charge in [-0.2, -0.15) is 0 Å². The van der Waals surface area contributed by atoms with Crippen molar-refractivity contribution in [1.29, 1.82) is 0 Å². The van der Waals surface area contributed by atoms with Gasteiger partial charge in [-0.1, -0.05) is 103 Å². The van der Waals surface area contributed by atoms with E-state index < -0.39 is 8.07 Å². The lowest BCUT2D eigenvalue weighted by Gasteiger charge is -2.29. The maximum atomic E-state index is 7.15. The normalized spacial score (nSPS) is 12.2. The molecule has 320 valence electrons. The van der Waals surface area contributed by atoms with Crippen molar-refractivity contribution in [1.82, 2.24) is 0 Å². The van der Waals surface area contributed by atoms with E-state index in [0.29, 0.717) is 0 Å². The number of hydrogen-bond donors (Lipinski definition) is 0. The first-order chi connectivity index (χ1) is 31.2. The molecule has 0 saturated heterocycles. The Morgan fingerprint density at radius 3 is 1.12 bits per heavy atom. The molecule has 0 amide bonds. The second kappa shape index (κ2) is 15.0. The van der Waals surface area contributed by atoms with Gasteiger partial charge >= 0.3 is 0 Å². The van der Waals surface area contributed by atoms with Gasteiger partial charge in [0.05, 0.1) is 19.4 Å². The van der Waals surface area contributed by atoms with E-state index >= 15 is 0 Å². The van der Waals surface area contributed by atoms with E-state index in [1.165, 1.54) is 44.1 Å². The Morgan fingerprint density at radius 1 is 0.369 bits per heavy atom. The largest absolute Gasteiger partial charge is 0.452 e. The van der Waals surface area contributed by atoms with Crippen molar-refractivity contribution in [3.63, 3.8) is 0 Å². The highest BCUT2D eigenvalue weighted by Crippen LogP contribution is 2.49. The van der Waals surface area contributed by atoms with Gasteiger partial charge in [0.25, 0.3) is 0 Å². The predicted molar refractivity (Wildman–Crippen MR) is 282 cm³/mol. The topological polar surface area (TPSA) is 32.8 Å². The molecule has 0 atom stereocenters. The summed E-state index contributed by atoms with van der Waals surface area (Å²) in [7, 11) is -1.52. The molecule has 0 spiro atoms. The SMILES string of the molecule is Cc1ccc(N(c2cc(C)c(C)c(C)c2)c2cc3oc4c(ccc5c4oc4cc(N(c6ccc([Si](C)(C)C)cc6)c6cc(C)c(C)c(C)c6)c6ccccc6c45)c3c3ccccc23)cc1. The van der Waals surface area contributed by atoms with Crippen LogP contribution in [0.3, 0.4) is 0 Å². The molecular formula is C60H54N2O2Si. The van der Waals surface area contributed by atoms with Crippen molar-refractivity contribution < 1.29 is 8.83 Å². The first kappa shape index (κ1) is 40.7. The fraction of sp³-hybridized carbons (Fsp3) is 0.167. The number of nitrogens with zero attached hydrogens (tertiary/aromatic N) is 2. The number of benzene rings is 9. The van der Waals surface area contributed by atoms with Crippen molar-refractivity contribution in [2.24, 2.45) is 0 Å². The average Bonchev–Trinajstić information content (AvgIpc) is 3.87. The van der Waals surface area contributed by atoms with Gasteiger partial charge in [0.1, 0.15) is 11.2 Å². The highest BCUT2D eigenvalue weighted by atomic mass is 28.3. The van der Waals surface area contributed by atoms with Crippen molar-refractivity contribution in [3.8, 4) is 0 Å². The summed E-state index contributed by atoms with van der Waals surface area (Å²) in [4.78, 5) is 4.81. The molecule has 65 heavy (non-hydrogen) atoms. The Hall–Kier alpha value is -7.08. The Morgan fingerprint density at radius 2 is 0.738 bits per heavy atom. The van der Waals surface area contributed by atoms with Crippen LogP contribution >= 0.6 is 0 Å². The van der Waals surface area contributed by atoms with E-state index in [1.54, 1.807) is 0 Å². The summed E-state index contributed by atoms with van der Waals surface area (Å²) in [6.07, 6.45) is 0. The van der Waals surface area contributed by atoms with Crippen LogP contribution in [0.4, 0.5) is 34.1 Å².